The van der Waals surface area contributed by atoms with Gasteiger partial charge >= 0.3 is 17.9 Å². The summed E-state index contributed by atoms with van der Waals surface area (Å²) >= 11 is 0. The van der Waals surface area contributed by atoms with Crippen molar-refractivity contribution in [2.45, 2.75) is 57.3 Å². The second kappa shape index (κ2) is 15.5. The lowest BCUT2D eigenvalue weighted by Crippen LogP contribution is -2.42. The number of aromatic nitrogens is 4. The van der Waals surface area contributed by atoms with Gasteiger partial charge in [0.15, 0.2) is 5.60 Å². The lowest BCUT2D eigenvalue weighted by Gasteiger charge is -2.23. The Labute approximate surface area is 241 Å². The second-order valence-electron chi connectivity index (χ2n) is 9.98. The van der Waals surface area contributed by atoms with E-state index in [0.717, 1.165) is 44.2 Å². The molecule has 42 heavy (non-hydrogen) atoms. The highest BCUT2D eigenvalue weighted by molar-refractivity contribution is 5.88. The highest BCUT2D eigenvalue weighted by Gasteiger charge is 2.40. The number of anilines is 1. The van der Waals surface area contributed by atoms with E-state index in [2.05, 4.69) is 24.3 Å². The van der Waals surface area contributed by atoms with Crippen LogP contribution in [0.25, 0.3) is 0 Å². The van der Waals surface area contributed by atoms with Crippen molar-refractivity contribution in [2.75, 3.05) is 24.5 Å². The van der Waals surface area contributed by atoms with Gasteiger partial charge in [0.2, 0.25) is 5.95 Å². The van der Waals surface area contributed by atoms with Crippen molar-refractivity contribution in [1.29, 1.82) is 0 Å². The van der Waals surface area contributed by atoms with Crippen LogP contribution in [0, 0.1) is 5.82 Å². The number of imidazole rings is 1. The van der Waals surface area contributed by atoms with Crippen LogP contribution in [0.4, 0.5) is 10.3 Å². The van der Waals surface area contributed by atoms with Gasteiger partial charge in [-0.15, -0.1) is 0 Å². The molecule has 0 radical (unpaired) electrons. The first-order valence-electron chi connectivity index (χ1n) is 13.4. The summed E-state index contributed by atoms with van der Waals surface area (Å²) in [5, 5.41) is 33.8. The third-order valence-corrected chi connectivity index (χ3v) is 6.56. The number of hydrogen-bond donors (Lipinski definition) is 4. The predicted molar refractivity (Wildman–Crippen MR) is 148 cm³/mol. The summed E-state index contributed by atoms with van der Waals surface area (Å²) in [6.45, 7) is 4.99. The summed E-state index contributed by atoms with van der Waals surface area (Å²) in [5.74, 6) is -4.37. The molecule has 1 aliphatic rings. The Morgan fingerprint density at radius 1 is 0.976 bits per heavy atom. The molecule has 0 aliphatic carbocycles. The maximum atomic E-state index is 14.2. The third-order valence-electron chi connectivity index (χ3n) is 6.56. The molecule has 1 fully saturated rings. The van der Waals surface area contributed by atoms with Gasteiger partial charge in [-0.3, -0.25) is 14.5 Å². The van der Waals surface area contributed by atoms with E-state index in [-0.39, 0.29) is 5.82 Å². The summed E-state index contributed by atoms with van der Waals surface area (Å²) < 4.78 is 16.3. The van der Waals surface area contributed by atoms with E-state index in [1.54, 1.807) is 12.3 Å². The Hall–Kier alpha value is -4.43. The van der Waals surface area contributed by atoms with Gasteiger partial charge in [-0.1, -0.05) is 18.2 Å². The van der Waals surface area contributed by atoms with E-state index in [0.29, 0.717) is 18.7 Å². The van der Waals surface area contributed by atoms with Crippen LogP contribution in [-0.2, 0) is 34.0 Å². The molecule has 1 aromatic carbocycles. The van der Waals surface area contributed by atoms with Gasteiger partial charge in [-0.05, 0) is 31.4 Å². The number of nitrogens with zero attached hydrogens (tertiary/aromatic N) is 6. The third kappa shape index (κ3) is 10.2. The molecular weight excluding hydrogens is 551 g/mol. The van der Waals surface area contributed by atoms with Gasteiger partial charge < -0.3 is 29.9 Å². The predicted octanol–water partition coefficient (Wildman–Crippen LogP) is 2.26. The Morgan fingerprint density at radius 3 is 2.26 bits per heavy atom. The van der Waals surface area contributed by atoms with Gasteiger partial charge in [0.05, 0.1) is 24.9 Å². The molecule has 1 saturated heterocycles. The number of carbonyl (C=O) groups is 3. The lowest BCUT2D eigenvalue weighted by atomic mass is 9.96. The zero-order valence-electron chi connectivity index (χ0n) is 23.0. The molecule has 226 valence electrons. The number of carboxylic acid groups (broad SMARTS) is 3. The fraction of sp³-hybridized carbons (Fsp3) is 0.429. The summed E-state index contributed by atoms with van der Waals surface area (Å²) in [5.41, 5.74) is -1.05. The van der Waals surface area contributed by atoms with Crippen LogP contribution >= 0.6 is 0 Å². The number of aliphatic carboxylic acids is 3. The normalized spacial score (nSPS) is 13.1. The first-order chi connectivity index (χ1) is 20.1. The van der Waals surface area contributed by atoms with Crippen molar-refractivity contribution < 1.29 is 39.2 Å². The molecule has 0 saturated carbocycles. The number of aryl methyl sites for hydroxylation is 1. The SMILES string of the molecule is Fc1ccccc1CN(CCCn1ccnc1)Cc1ccnc(N2CCCC2)n1.O=C(O)CC(O)(CC(=O)O)C(=O)O. The number of aliphatic hydroxyl groups is 1. The van der Waals surface area contributed by atoms with Crippen molar-refractivity contribution in [3.8, 4) is 0 Å². The second-order valence-corrected chi connectivity index (χ2v) is 9.98. The van der Waals surface area contributed by atoms with Crippen molar-refractivity contribution in [1.82, 2.24) is 24.4 Å². The zero-order valence-corrected chi connectivity index (χ0v) is 23.0. The van der Waals surface area contributed by atoms with Crippen molar-refractivity contribution in [3.05, 3.63) is 72.3 Å². The Kier molecular flexibility index (Phi) is 11.9. The monoisotopic (exact) mass is 586 g/mol. The van der Waals surface area contributed by atoms with E-state index >= 15 is 0 Å². The topological polar surface area (TPSA) is 182 Å². The fourth-order valence-corrected chi connectivity index (χ4v) is 4.46. The maximum Gasteiger partial charge on any atom is 0.336 e. The summed E-state index contributed by atoms with van der Waals surface area (Å²) in [6, 6.07) is 8.96. The van der Waals surface area contributed by atoms with E-state index in [9.17, 15) is 18.8 Å². The number of halogens is 1. The number of rotatable bonds is 14. The van der Waals surface area contributed by atoms with E-state index in [4.69, 9.17) is 25.4 Å². The van der Waals surface area contributed by atoms with Crippen LogP contribution in [0.2, 0.25) is 0 Å². The molecule has 2 aromatic heterocycles. The van der Waals surface area contributed by atoms with Crippen LogP contribution in [-0.4, -0.2) is 88.0 Å². The van der Waals surface area contributed by atoms with Gasteiger partial charge in [-0.2, -0.15) is 0 Å². The Bertz CT molecular complexity index is 1300. The Morgan fingerprint density at radius 2 is 1.67 bits per heavy atom. The average molecular weight is 587 g/mol. The van der Waals surface area contributed by atoms with Crippen LogP contribution in [0.15, 0.2) is 55.2 Å². The molecule has 0 unspecified atom stereocenters. The van der Waals surface area contributed by atoms with Gasteiger partial charge in [-0.25, -0.2) is 24.1 Å². The molecule has 0 amide bonds. The van der Waals surface area contributed by atoms with Crippen LogP contribution in [0.5, 0.6) is 0 Å². The highest BCUT2D eigenvalue weighted by Crippen LogP contribution is 2.18. The van der Waals surface area contributed by atoms with Crippen LogP contribution in [0.3, 0.4) is 0 Å². The Balaban J connectivity index is 0.000000316. The van der Waals surface area contributed by atoms with Gasteiger partial charge in [0.25, 0.3) is 0 Å². The molecular formula is C28H35FN6O7. The minimum atomic E-state index is -2.74. The molecule has 14 heteroatoms. The number of carboxylic acids is 3. The van der Waals surface area contributed by atoms with Gasteiger partial charge in [0.1, 0.15) is 5.82 Å². The quantitative estimate of drug-likeness (QED) is 0.217. The first-order valence-corrected chi connectivity index (χ1v) is 13.4. The van der Waals surface area contributed by atoms with Crippen molar-refractivity contribution in [2.24, 2.45) is 0 Å². The zero-order chi connectivity index (χ0) is 30.5. The molecule has 4 rings (SSSR count). The van der Waals surface area contributed by atoms with E-state index < -0.39 is 36.4 Å². The standard InChI is InChI=1S/C22H27FN6.C6H8O7/c23-21-7-2-1-6-19(21)16-28(12-5-11-27-15-10-24-18-27)17-20-8-9-25-22(26-20)29-13-3-4-14-29;7-3(8)1-6(13,5(11)12)2-4(9)10/h1-2,6-10,15,18H,3-5,11-14,16-17H2;13H,1-2H2,(H,7,8)(H,9,10)(H,11,12). The highest BCUT2D eigenvalue weighted by atomic mass is 19.1. The number of hydrogen-bond acceptors (Lipinski definition) is 9. The van der Waals surface area contributed by atoms with Crippen LogP contribution in [0.1, 0.15) is 43.4 Å². The molecule has 4 N–H and O–H groups in total. The fourth-order valence-electron chi connectivity index (χ4n) is 4.46. The molecule has 0 bridgehead atoms. The van der Waals surface area contributed by atoms with Crippen LogP contribution < -0.4 is 4.90 Å². The molecule has 1 aliphatic heterocycles. The summed E-state index contributed by atoms with van der Waals surface area (Å²) in [7, 11) is 0. The maximum absolute atomic E-state index is 14.2. The summed E-state index contributed by atoms with van der Waals surface area (Å²) in [4.78, 5) is 48.3. The molecule has 0 atom stereocenters. The molecule has 13 nitrogen and oxygen atoms in total. The van der Waals surface area contributed by atoms with E-state index in [1.165, 1.54) is 18.9 Å². The van der Waals surface area contributed by atoms with E-state index in [1.807, 2.05) is 36.9 Å². The first kappa shape index (κ1) is 32.1. The average Bonchev–Trinajstić information content (AvgIpc) is 3.65. The molecule has 3 aromatic rings. The van der Waals surface area contributed by atoms with Crippen molar-refractivity contribution in [3.63, 3.8) is 0 Å². The number of benzene rings is 1. The van der Waals surface area contributed by atoms with Crippen molar-refractivity contribution >= 4 is 23.9 Å². The smallest absolute Gasteiger partial charge is 0.336 e. The molecule has 0 spiro atoms. The van der Waals surface area contributed by atoms with Gasteiger partial charge in [0, 0.05) is 63.4 Å². The summed E-state index contributed by atoms with van der Waals surface area (Å²) in [6.07, 6.45) is 8.48. The lowest BCUT2D eigenvalue weighted by molar-refractivity contribution is -0.170. The minimum Gasteiger partial charge on any atom is -0.481 e. The largest absolute Gasteiger partial charge is 0.481 e. The minimum absolute atomic E-state index is 0.160. The molecule has 3 heterocycles.